The minimum atomic E-state index is 0.573. The van der Waals surface area contributed by atoms with Gasteiger partial charge < -0.3 is 5.21 Å². The second-order valence-electron chi connectivity index (χ2n) is 3.66. The fraction of sp³-hybridized carbons (Fsp3) is 0.273. The molecule has 0 aliphatic carbocycles. The SMILES string of the molecule is C/C(=N\O)c1c(C)nc2cc(C)ccn12. The van der Waals surface area contributed by atoms with Crippen molar-refractivity contribution in [2.24, 2.45) is 5.16 Å². The number of aryl methyl sites for hydroxylation is 2. The summed E-state index contributed by atoms with van der Waals surface area (Å²) in [6.07, 6.45) is 1.94. The number of imidazole rings is 1. The lowest BCUT2D eigenvalue weighted by Gasteiger charge is -2.00. The van der Waals surface area contributed by atoms with Crippen molar-refractivity contribution in [2.75, 3.05) is 0 Å². The van der Waals surface area contributed by atoms with Crippen LogP contribution in [0, 0.1) is 13.8 Å². The fourth-order valence-corrected chi connectivity index (χ4v) is 1.75. The van der Waals surface area contributed by atoms with Crippen LogP contribution < -0.4 is 0 Å². The van der Waals surface area contributed by atoms with Crippen LogP contribution in [0.4, 0.5) is 0 Å². The molecule has 4 heteroatoms. The van der Waals surface area contributed by atoms with Gasteiger partial charge in [0, 0.05) is 6.20 Å². The summed E-state index contributed by atoms with van der Waals surface area (Å²) in [6, 6.07) is 4.00. The van der Waals surface area contributed by atoms with Gasteiger partial charge >= 0.3 is 0 Å². The summed E-state index contributed by atoms with van der Waals surface area (Å²) >= 11 is 0. The Kier molecular flexibility index (Phi) is 2.19. The first kappa shape index (κ1) is 9.71. The van der Waals surface area contributed by atoms with Gasteiger partial charge in [0.25, 0.3) is 0 Å². The summed E-state index contributed by atoms with van der Waals surface area (Å²) in [5.41, 5.74) is 4.34. The molecule has 0 amide bonds. The first-order valence-electron chi connectivity index (χ1n) is 4.78. The van der Waals surface area contributed by atoms with Crippen molar-refractivity contribution in [1.82, 2.24) is 9.38 Å². The Morgan fingerprint density at radius 2 is 2.20 bits per heavy atom. The van der Waals surface area contributed by atoms with E-state index in [4.69, 9.17) is 5.21 Å². The molecule has 0 aliphatic heterocycles. The number of rotatable bonds is 1. The quantitative estimate of drug-likeness (QED) is 0.438. The van der Waals surface area contributed by atoms with E-state index in [0.717, 1.165) is 22.6 Å². The van der Waals surface area contributed by atoms with E-state index < -0.39 is 0 Å². The molecule has 0 radical (unpaired) electrons. The van der Waals surface area contributed by atoms with E-state index >= 15 is 0 Å². The Morgan fingerprint density at radius 3 is 2.87 bits per heavy atom. The van der Waals surface area contributed by atoms with Crippen LogP contribution in [0.3, 0.4) is 0 Å². The van der Waals surface area contributed by atoms with E-state index in [1.165, 1.54) is 0 Å². The predicted molar refractivity (Wildman–Crippen MR) is 58.7 cm³/mol. The van der Waals surface area contributed by atoms with E-state index in [-0.39, 0.29) is 0 Å². The molecular weight excluding hydrogens is 190 g/mol. The highest BCUT2D eigenvalue weighted by Gasteiger charge is 2.11. The Morgan fingerprint density at radius 1 is 1.47 bits per heavy atom. The van der Waals surface area contributed by atoms with Gasteiger partial charge in [-0.15, -0.1) is 0 Å². The molecule has 0 unspecified atom stereocenters. The predicted octanol–water partition coefficient (Wildman–Crippen LogP) is 2.15. The van der Waals surface area contributed by atoms with Gasteiger partial charge in [-0.05, 0) is 38.5 Å². The molecule has 0 spiro atoms. The van der Waals surface area contributed by atoms with Crippen molar-refractivity contribution in [1.29, 1.82) is 0 Å². The standard InChI is InChI=1S/C11H13N3O/c1-7-4-5-14-10(6-7)12-8(2)11(14)9(3)13-15/h4-6,15H,1-3H3/b13-9+. The number of pyridine rings is 1. The van der Waals surface area contributed by atoms with Gasteiger partial charge in [0.2, 0.25) is 0 Å². The molecule has 78 valence electrons. The van der Waals surface area contributed by atoms with Gasteiger partial charge in [-0.2, -0.15) is 0 Å². The molecule has 0 saturated heterocycles. The summed E-state index contributed by atoms with van der Waals surface area (Å²) in [4.78, 5) is 4.41. The third kappa shape index (κ3) is 1.48. The number of nitrogens with zero attached hydrogens (tertiary/aromatic N) is 3. The van der Waals surface area contributed by atoms with Crippen LogP contribution in [-0.2, 0) is 0 Å². The van der Waals surface area contributed by atoms with E-state index in [1.807, 2.05) is 36.6 Å². The molecule has 4 nitrogen and oxygen atoms in total. The highest BCUT2D eigenvalue weighted by atomic mass is 16.4. The van der Waals surface area contributed by atoms with Crippen molar-refractivity contribution in [2.45, 2.75) is 20.8 Å². The van der Waals surface area contributed by atoms with Gasteiger partial charge in [0.1, 0.15) is 11.4 Å². The average Bonchev–Trinajstić information content (AvgIpc) is 2.52. The zero-order chi connectivity index (χ0) is 11.0. The van der Waals surface area contributed by atoms with Crippen molar-refractivity contribution in [3.63, 3.8) is 0 Å². The van der Waals surface area contributed by atoms with Crippen LogP contribution in [0.15, 0.2) is 23.5 Å². The van der Waals surface area contributed by atoms with Gasteiger partial charge in [0.05, 0.1) is 11.4 Å². The molecule has 0 saturated carbocycles. The minimum absolute atomic E-state index is 0.573. The zero-order valence-electron chi connectivity index (χ0n) is 9.02. The Bertz CT molecular complexity index is 540. The Hall–Kier alpha value is -1.84. The number of fused-ring (bicyclic) bond motifs is 1. The van der Waals surface area contributed by atoms with Gasteiger partial charge in [0.15, 0.2) is 0 Å². The van der Waals surface area contributed by atoms with Crippen LogP contribution in [-0.4, -0.2) is 20.3 Å². The lowest BCUT2D eigenvalue weighted by Crippen LogP contribution is -2.02. The zero-order valence-corrected chi connectivity index (χ0v) is 9.02. The Balaban J connectivity index is 2.79. The van der Waals surface area contributed by atoms with Crippen LogP contribution >= 0.6 is 0 Å². The topological polar surface area (TPSA) is 49.9 Å². The molecule has 0 aliphatic rings. The summed E-state index contributed by atoms with van der Waals surface area (Å²) in [7, 11) is 0. The Labute approximate surface area is 87.9 Å². The molecule has 15 heavy (non-hydrogen) atoms. The van der Waals surface area contributed by atoms with Crippen molar-refractivity contribution in [3.05, 3.63) is 35.3 Å². The fourth-order valence-electron chi connectivity index (χ4n) is 1.75. The average molecular weight is 203 g/mol. The maximum absolute atomic E-state index is 8.79. The summed E-state index contributed by atoms with van der Waals surface area (Å²) in [5.74, 6) is 0. The first-order chi connectivity index (χ1) is 7.13. The van der Waals surface area contributed by atoms with Crippen LogP contribution in [0.1, 0.15) is 23.9 Å². The van der Waals surface area contributed by atoms with Gasteiger partial charge in [-0.25, -0.2) is 4.98 Å². The molecule has 2 rings (SSSR count). The van der Waals surface area contributed by atoms with Crippen LogP contribution in [0.25, 0.3) is 5.65 Å². The number of hydrogen-bond donors (Lipinski definition) is 1. The molecule has 2 heterocycles. The van der Waals surface area contributed by atoms with E-state index in [2.05, 4.69) is 10.1 Å². The lowest BCUT2D eigenvalue weighted by atomic mass is 10.2. The first-order valence-corrected chi connectivity index (χ1v) is 4.78. The van der Waals surface area contributed by atoms with Crippen LogP contribution in [0.2, 0.25) is 0 Å². The number of oxime groups is 1. The van der Waals surface area contributed by atoms with Crippen LogP contribution in [0.5, 0.6) is 0 Å². The second kappa shape index (κ2) is 3.38. The van der Waals surface area contributed by atoms with Crippen molar-refractivity contribution < 1.29 is 5.21 Å². The molecule has 0 aromatic carbocycles. The largest absolute Gasteiger partial charge is 0.411 e. The summed E-state index contributed by atoms with van der Waals surface area (Å²) < 4.78 is 1.93. The highest BCUT2D eigenvalue weighted by molar-refractivity contribution is 5.98. The third-order valence-electron chi connectivity index (χ3n) is 2.45. The van der Waals surface area contributed by atoms with E-state index in [1.54, 1.807) is 6.92 Å². The van der Waals surface area contributed by atoms with E-state index in [9.17, 15) is 0 Å². The molecule has 0 fully saturated rings. The lowest BCUT2D eigenvalue weighted by molar-refractivity contribution is 0.319. The smallest absolute Gasteiger partial charge is 0.137 e. The normalized spacial score (nSPS) is 12.3. The van der Waals surface area contributed by atoms with E-state index in [0.29, 0.717) is 5.71 Å². The molecule has 2 aromatic rings. The maximum atomic E-state index is 8.79. The van der Waals surface area contributed by atoms with Crippen molar-refractivity contribution in [3.8, 4) is 0 Å². The molecular formula is C11H13N3O. The molecule has 0 bridgehead atoms. The molecule has 1 N–H and O–H groups in total. The maximum Gasteiger partial charge on any atom is 0.137 e. The van der Waals surface area contributed by atoms with Gasteiger partial charge in [-0.1, -0.05) is 5.16 Å². The minimum Gasteiger partial charge on any atom is -0.411 e. The summed E-state index contributed by atoms with van der Waals surface area (Å²) in [5, 5.41) is 12.0. The monoisotopic (exact) mass is 203 g/mol. The summed E-state index contributed by atoms with van der Waals surface area (Å²) in [6.45, 7) is 5.69. The highest BCUT2D eigenvalue weighted by Crippen LogP contribution is 2.14. The molecule has 0 atom stereocenters. The number of aromatic nitrogens is 2. The second-order valence-corrected chi connectivity index (χ2v) is 3.66. The van der Waals surface area contributed by atoms with Gasteiger partial charge in [-0.3, -0.25) is 4.40 Å². The third-order valence-corrected chi connectivity index (χ3v) is 2.45. The molecule has 2 aromatic heterocycles. The number of hydrogen-bond acceptors (Lipinski definition) is 3. The van der Waals surface area contributed by atoms with Crippen molar-refractivity contribution >= 4 is 11.4 Å².